The summed E-state index contributed by atoms with van der Waals surface area (Å²) < 4.78 is 94.6. The summed E-state index contributed by atoms with van der Waals surface area (Å²) in [6, 6.07) is 6.33. The number of piperidine rings is 1. The smallest absolute Gasteiger partial charge is 0.329 e. The highest BCUT2D eigenvalue weighted by molar-refractivity contribution is 6.39. The predicted molar refractivity (Wildman–Crippen MR) is 498 cm³/mol. The highest BCUT2D eigenvalue weighted by Crippen LogP contribution is 2.40. The number of aliphatic hydroxyl groups excluding tert-OH is 1. The van der Waals surface area contributed by atoms with Crippen molar-refractivity contribution in [2.24, 2.45) is 45.6 Å². The van der Waals surface area contributed by atoms with Crippen molar-refractivity contribution in [3.63, 3.8) is 0 Å². The van der Waals surface area contributed by atoms with E-state index in [2.05, 4.69) is 48.2 Å². The predicted octanol–water partition coefficient (Wildman–Crippen LogP) is 10.5. The monoisotopic (exact) mass is 1870 g/mol. The Kier molecular flexibility index (Phi) is 45.5. The number of aliphatic imine (C=N–C) groups is 1. The molecule has 2 saturated heterocycles. The minimum Gasteiger partial charge on any atom is -0.461 e. The van der Waals surface area contributed by atoms with Gasteiger partial charge in [-0.15, -0.1) is 0 Å². The Morgan fingerprint density at radius 1 is 0.701 bits per heavy atom. The number of benzene rings is 1. The van der Waals surface area contributed by atoms with Crippen LogP contribution in [0.5, 0.6) is 0 Å². The lowest BCUT2D eigenvalue weighted by Gasteiger charge is -2.43. The number of methoxy groups -OCH3 is 3. The lowest BCUT2D eigenvalue weighted by atomic mass is 9.78. The lowest BCUT2D eigenvalue weighted by Crippen LogP contribution is -2.61. The molecule has 0 unspecified atom stereocenters. The average Bonchev–Trinajstić information content (AvgIpc) is 1.28. The molecule has 36 heteroatoms. The number of ketones is 2. The summed E-state index contributed by atoms with van der Waals surface area (Å²) in [5, 5.41) is 33.8. The number of carbonyl (C=O) groups is 6. The standard InChI is InChI=1S/C98H144N12O24/c1-65-17-12-11-13-18-66(2)83(119-8)57-78-25-21-71(7)98(118,134-78)93(115)96(116)109-29-15-14-19-81(109)97(117)133-84(58-79(105-107-100)67(3)52-70(6)91(114)92(121-10)90(113)69(5)51-65)68(4)53-72-23-26-82(85(55-72)120-9)132-87(112)20-16-31-122-33-35-124-37-39-126-41-43-128-45-47-130-49-50-131-48-46-129-44-42-127-40-38-125-36-34-123-32-28-86(111)108-30-27-74-54-73(22-24-75(74)63-108)62-110-95-88(94(99)103-64-104-95)89(106-110)77-56-76-59-101-61-80(76)102-60-77/h11-13,17-18,22,24,52,54,56,59-60,64-65,67-69,71-72,78-79,81-85,91-92,114,118H,14-16,19-21,23,25-51,53,55,57-58,61-63H2,1-10H3,(H2,99,103,104)/b13-11+,17-12+,66-18+,70-52+/t65-,67-,68-,69-,71-,72+,78+,79+,81+,82-,83+,84+,85-,91-,92+,98-/m1/s1. The number of hydrogen-bond donors (Lipinski definition) is 3. The molecule has 1 aliphatic carbocycles. The second kappa shape index (κ2) is 56.8. The number of rotatable bonds is 45. The fourth-order valence-electron chi connectivity index (χ4n) is 18.1. The third-order valence-corrected chi connectivity index (χ3v) is 25.9. The van der Waals surface area contributed by atoms with Crippen molar-refractivity contribution in [2.75, 3.05) is 172 Å². The van der Waals surface area contributed by atoms with Gasteiger partial charge in [0.2, 0.25) is 11.7 Å². The average molecular weight is 1870 g/mol. The number of esters is 2. The molecule has 740 valence electrons. The maximum Gasteiger partial charge on any atom is 0.329 e. The van der Waals surface area contributed by atoms with E-state index >= 15 is 0 Å². The van der Waals surface area contributed by atoms with Gasteiger partial charge in [0.1, 0.15) is 48.3 Å². The van der Waals surface area contributed by atoms with Crippen molar-refractivity contribution in [3.8, 4) is 11.3 Å². The zero-order valence-corrected chi connectivity index (χ0v) is 80.0. The molecule has 10 rings (SSSR count). The van der Waals surface area contributed by atoms with Crippen LogP contribution >= 0.6 is 0 Å². The second-order valence-corrected chi connectivity index (χ2v) is 35.8. The molecule has 6 aliphatic rings. The largest absolute Gasteiger partial charge is 0.461 e. The molecule has 134 heavy (non-hydrogen) atoms. The molecule has 0 radical (unpaired) electrons. The number of Topliss-reactive ketones (excluding diaryl/α,β-unsaturated/α-hetero) is 2. The summed E-state index contributed by atoms with van der Waals surface area (Å²) in [7, 11) is 4.53. The number of azide groups is 1. The molecule has 1 aromatic carbocycles. The summed E-state index contributed by atoms with van der Waals surface area (Å²) in [5.74, 6) is -7.92. The minimum atomic E-state index is -2.48. The Hall–Kier alpha value is -8.76. The van der Waals surface area contributed by atoms with Gasteiger partial charge in [-0.2, -0.15) is 5.10 Å². The maximum absolute atomic E-state index is 14.9. The minimum absolute atomic E-state index is 0.00397. The number of nitrogens with two attached hydrogens (primary N) is 1. The first-order chi connectivity index (χ1) is 64.9. The fraction of sp³-hybridized carbons (Fsp3) is 0.684. The number of ether oxygens (including phenoxy) is 16. The van der Waals surface area contributed by atoms with E-state index in [1.807, 2.05) is 86.9 Å². The molecule has 0 spiro atoms. The van der Waals surface area contributed by atoms with Crippen LogP contribution < -0.4 is 5.73 Å². The molecule has 36 nitrogen and oxygen atoms in total. The number of allylic oxidation sites excluding steroid dienone is 5. The molecule has 8 heterocycles. The number of amides is 2. The van der Waals surface area contributed by atoms with E-state index in [1.165, 1.54) is 23.9 Å². The number of hydrogen-bond acceptors (Lipinski definition) is 31. The molecule has 1 saturated carbocycles. The molecule has 2 amide bonds. The van der Waals surface area contributed by atoms with Crippen molar-refractivity contribution in [3.05, 3.63) is 123 Å². The Morgan fingerprint density at radius 2 is 1.36 bits per heavy atom. The van der Waals surface area contributed by atoms with Gasteiger partial charge in [0.05, 0.1) is 174 Å². The fourth-order valence-corrected chi connectivity index (χ4v) is 18.1. The topological polar surface area (TPSA) is 441 Å². The highest BCUT2D eigenvalue weighted by Gasteiger charge is 2.53. The van der Waals surface area contributed by atoms with Crippen LogP contribution in [0.3, 0.4) is 0 Å². The van der Waals surface area contributed by atoms with Crippen molar-refractivity contribution >= 4 is 58.4 Å². The number of carbonyl (C=O) groups excluding carboxylic acids is 6. The van der Waals surface area contributed by atoms with E-state index in [1.54, 1.807) is 40.3 Å². The molecule has 2 bridgehead atoms. The number of nitrogen functional groups attached to an aromatic ring is 1. The molecular formula is C98H144N12O24. The van der Waals surface area contributed by atoms with Gasteiger partial charge in [-0.3, -0.25) is 33.9 Å². The normalized spacial score (nSPS) is 26.9. The van der Waals surface area contributed by atoms with Gasteiger partial charge in [-0.05, 0) is 160 Å². The van der Waals surface area contributed by atoms with E-state index in [-0.39, 0.29) is 61.7 Å². The van der Waals surface area contributed by atoms with Crippen molar-refractivity contribution in [2.45, 2.75) is 231 Å². The van der Waals surface area contributed by atoms with Gasteiger partial charge in [0.25, 0.3) is 11.7 Å². The lowest BCUT2D eigenvalue weighted by molar-refractivity contribution is -0.265. The van der Waals surface area contributed by atoms with Gasteiger partial charge in [-0.25, -0.2) is 19.4 Å². The zero-order chi connectivity index (χ0) is 95.7. The van der Waals surface area contributed by atoms with Crippen LogP contribution in [0.2, 0.25) is 0 Å². The van der Waals surface area contributed by atoms with Gasteiger partial charge < -0.3 is 102 Å². The summed E-state index contributed by atoms with van der Waals surface area (Å²) in [6.07, 6.45) is 17.5. The number of aliphatic hydroxyl groups is 2. The summed E-state index contributed by atoms with van der Waals surface area (Å²) in [6.45, 7) is 23.0. The molecule has 4 aromatic rings. The van der Waals surface area contributed by atoms with E-state index in [9.17, 15) is 44.5 Å². The van der Waals surface area contributed by atoms with Crippen LogP contribution in [0.25, 0.3) is 32.7 Å². The van der Waals surface area contributed by atoms with E-state index in [0.717, 1.165) is 39.9 Å². The summed E-state index contributed by atoms with van der Waals surface area (Å²) in [5.41, 5.74) is 25.2. The number of aromatic nitrogens is 5. The highest BCUT2D eigenvalue weighted by atomic mass is 16.6. The Balaban J connectivity index is 0.532. The first-order valence-electron chi connectivity index (χ1n) is 47.7. The van der Waals surface area contributed by atoms with Crippen LogP contribution in [0, 0.1) is 35.5 Å². The van der Waals surface area contributed by atoms with Crippen molar-refractivity contribution in [1.82, 2.24) is 34.5 Å². The Bertz CT molecular complexity index is 4580. The van der Waals surface area contributed by atoms with Gasteiger partial charge >= 0.3 is 11.9 Å². The number of pyridine rings is 1. The van der Waals surface area contributed by atoms with Gasteiger partial charge in [0, 0.05) is 107 Å². The van der Waals surface area contributed by atoms with E-state index in [4.69, 9.17) is 86.6 Å². The third-order valence-electron chi connectivity index (χ3n) is 25.9. The number of fused-ring (bicyclic) bond motifs is 6. The molecule has 5 aliphatic heterocycles. The number of anilines is 1. The van der Waals surface area contributed by atoms with Crippen molar-refractivity contribution < 1.29 is 115 Å². The van der Waals surface area contributed by atoms with Crippen LogP contribution in [0.4, 0.5) is 5.82 Å². The molecule has 3 aromatic heterocycles. The summed E-state index contributed by atoms with van der Waals surface area (Å²) >= 11 is 0. The Morgan fingerprint density at radius 3 is 2.00 bits per heavy atom. The third kappa shape index (κ3) is 32.7. The second-order valence-electron chi connectivity index (χ2n) is 35.8. The first kappa shape index (κ1) is 107. The molecular weight excluding hydrogens is 1730 g/mol. The van der Waals surface area contributed by atoms with E-state index < -0.39 is 102 Å². The maximum atomic E-state index is 14.9. The molecule has 4 N–H and O–H groups in total. The zero-order valence-electron chi connectivity index (χ0n) is 80.0. The van der Waals surface area contributed by atoms with Crippen molar-refractivity contribution in [1.29, 1.82) is 0 Å². The van der Waals surface area contributed by atoms with Crippen LogP contribution in [0.1, 0.15) is 173 Å². The summed E-state index contributed by atoms with van der Waals surface area (Å²) in [4.78, 5) is 109. The van der Waals surface area contributed by atoms with Gasteiger partial charge in [-0.1, -0.05) is 94.4 Å². The Labute approximate surface area is 787 Å². The molecule has 16 atom stereocenters. The molecule has 3 fully saturated rings. The van der Waals surface area contributed by atoms with Crippen LogP contribution in [0.15, 0.2) is 94.5 Å². The SMILES string of the molecule is CO[C@H]1C[C@@H]2CC[C@@H](C)[C@@](O)(O2)C(=O)C(=O)N2CCCC[C@H]2C(=O)O[C@H]([C@H](C)C[C@@H]2CC[C@@H](OC(=O)CCCOCCOCCOCCOCCOCCOCCOCCOCCOCCOCCC(=O)N3CCc4cc(Cn5nc(-c6cnc7c(c6)C=NC7)c6c(N)ncnc65)ccc4C3)[C@H](OC)C2)C[C@H](N=[N+]=[N-])[C@H](C)/C=C(\C)[C@@H](O)[C@@H](OC)C(=O)[C@H](C)C[C@H](C)/C=C/C=C/C=C/1C. The quantitative estimate of drug-likeness (QED) is 0.00704. The van der Waals surface area contributed by atoms with Crippen LogP contribution in [-0.4, -0.2) is 313 Å². The first-order valence-corrected chi connectivity index (χ1v) is 47.7. The van der Waals surface area contributed by atoms with E-state index in [0.29, 0.717) is 257 Å². The van der Waals surface area contributed by atoms with Crippen LogP contribution in [-0.2, 0) is 131 Å². The van der Waals surface area contributed by atoms with Gasteiger partial charge in [0.15, 0.2) is 11.4 Å². The number of cyclic esters (lactones) is 1. The number of nitrogens with zero attached hydrogens (tertiary/aromatic N) is 11.